The van der Waals surface area contributed by atoms with Crippen LogP contribution < -0.4 is 0 Å². The molecule has 102 valence electrons. The fraction of sp³-hybridized carbons (Fsp3) is 0.133. The summed E-state index contributed by atoms with van der Waals surface area (Å²) in [6.07, 6.45) is 3.15. The zero-order valence-corrected chi connectivity index (χ0v) is 10.5. The molecule has 0 aliphatic carbocycles. The number of aliphatic carboxylic acids is 1. The van der Waals surface area contributed by atoms with E-state index in [4.69, 9.17) is 0 Å². The summed E-state index contributed by atoms with van der Waals surface area (Å²) in [5, 5.41) is 9.21. The molecule has 0 aliphatic rings. The molecule has 1 aromatic heterocycles. The molecule has 0 saturated heterocycles. The second-order valence-corrected chi connectivity index (χ2v) is 4.32. The number of halogens is 1. The van der Waals surface area contributed by atoms with E-state index in [1.54, 1.807) is 12.1 Å². The molecule has 0 bridgehead atoms. The number of aromatic nitrogens is 1. The van der Waals surface area contributed by atoms with Crippen LogP contribution in [0.15, 0.2) is 48.8 Å². The number of rotatable bonds is 5. The van der Waals surface area contributed by atoms with Crippen molar-refractivity contribution in [2.24, 2.45) is 5.92 Å². The first-order valence-corrected chi connectivity index (χ1v) is 5.99. The van der Waals surface area contributed by atoms with E-state index in [9.17, 15) is 19.1 Å². The monoisotopic (exact) mass is 273 g/mol. The fourth-order valence-corrected chi connectivity index (χ4v) is 1.86. The minimum atomic E-state index is -1.20. The molecule has 0 aliphatic heterocycles. The van der Waals surface area contributed by atoms with Gasteiger partial charge in [-0.05, 0) is 48.4 Å². The summed E-state index contributed by atoms with van der Waals surface area (Å²) in [5.41, 5.74) is 0.899. The van der Waals surface area contributed by atoms with Crippen LogP contribution in [0.1, 0.15) is 15.9 Å². The molecule has 2 aromatic rings. The lowest BCUT2D eigenvalue weighted by Gasteiger charge is -2.11. The number of nitrogens with zero attached hydrogens (tertiary/aromatic N) is 1. The highest BCUT2D eigenvalue weighted by Crippen LogP contribution is 2.15. The molecule has 0 fully saturated rings. The number of hydrogen-bond donors (Lipinski definition) is 1. The van der Waals surface area contributed by atoms with Gasteiger partial charge in [-0.15, -0.1) is 0 Å². The van der Waals surface area contributed by atoms with Gasteiger partial charge in [0.2, 0.25) is 0 Å². The number of pyridine rings is 1. The molecule has 0 radical (unpaired) electrons. The van der Waals surface area contributed by atoms with E-state index in [0.29, 0.717) is 5.56 Å². The third-order valence-corrected chi connectivity index (χ3v) is 2.93. The summed E-state index contributed by atoms with van der Waals surface area (Å²) in [6.45, 7) is 0. The van der Waals surface area contributed by atoms with Crippen molar-refractivity contribution in [2.75, 3.05) is 0 Å². The number of benzene rings is 1. The van der Waals surface area contributed by atoms with Crippen LogP contribution in [0, 0.1) is 11.7 Å². The average molecular weight is 273 g/mol. The maximum absolute atomic E-state index is 12.8. The highest BCUT2D eigenvalue weighted by Gasteiger charge is 2.27. The van der Waals surface area contributed by atoms with Gasteiger partial charge < -0.3 is 5.11 Å². The van der Waals surface area contributed by atoms with E-state index in [1.807, 2.05) is 0 Å². The van der Waals surface area contributed by atoms with Crippen molar-refractivity contribution in [1.29, 1.82) is 0 Å². The Morgan fingerprint density at radius 3 is 2.25 bits per heavy atom. The molecular formula is C15H12FNO3. The second-order valence-electron chi connectivity index (χ2n) is 4.32. The highest BCUT2D eigenvalue weighted by molar-refractivity contribution is 6.08. The molecule has 1 unspecified atom stereocenters. The molecule has 5 heteroatoms. The van der Waals surface area contributed by atoms with Gasteiger partial charge in [0.25, 0.3) is 0 Å². The molecule has 20 heavy (non-hydrogen) atoms. The second kappa shape index (κ2) is 6.06. The van der Waals surface area contributed by atoms with E-state index in [0.717, 1.165) is 12.1 Å². The standard InChI is InChI=1S/C15H12FNO3/c16-12-3-1-11(2-4-12)14(18)13(15(19)20)9-10-5-7-17-8-6-10/h1-8,13H,9H2,(H,19,20). The fourth-order valence-electron chi connectivity index (χ4n) is 1.86. The van der Waals surface area contributed by atoms with Crippen LogP contribution in [0.4, 0.5) is 4.39 Å². The molecule has 2 rings (SSSR count). The van der Waals surface area contributed by atoms with Gasteiger partial charge >= 0.3 is 5.97 Å². The van der Waals surface area contributed by atoms with Crippen molar-refractivity contribution in [3.8, 4) is 0 Å². The quantitative estimate of drug-likeness (QED) is 0.670. The van der Waals surface area contributed by atoms with Gasteiger partial charge in [0.15, 0.2) is 5.78 Å². The summed E-state index contributed by atoms with van der Waals surface area (Å²) in [6, 6.07) is 8.18. The maximum atomic E-state index is 12.8. The number of carboxylic acid groups (broad SMARTS) is 1. The van der Waals surface area contributed by atoms with Crippen molar-refractivity contribution < 1.29 is 19.1 Å². The molecule has 1 heterocycles. The van der Waals surface area contributed by atoms with Crippen LogP contribution in [0.5, 0.6) is 0 Å². The van der Waals surface area contributed by atoms with Crippen LogP contribution in [0.25, 0.3) is 0 Å². The summed E-state index contributed by atoms with van der Waals surface area (Å²) in [5.74, 6) is -3.39. The van der Waals surface area contributed by atoms with Crippen molar-refractivity contribution >= 4 is 11.8 Å². The van der Waals surface area contributed by atoms with E-state index in [1.165, 1.54) is 24.5 Å². The van der Waals surface area contributed by atoms with E-state index in [2.05, 4.69) is 4.98 Å². The summed E-state index contributed by atoms with van der Waals surface area (Å²) < 4.78 is 12.8. The average Bonchev–Trinajstić information content (AvgIpc) is 2.45. The van der Waals surface area contributed by atoms with Crippen LogP contribution in [0.3, 0.4) is 0 Å². The lowest BCUT2D eigenvalue weighted by molar-refractivity contribution is -0.139. The minimum Gasteiger partial charge on any atom is -0.481 e. The van der Waals surface area contributed by atoms with Gasteiger partial charge in [-0.3, -0.25) is 14.6 Å². The van der Waals surface area contributed by atoms with Crippen molar-refractivity contribution in [2.45, 2.75) is 6.42 Å². The number of Topliss-reactive ketones (excluding diaryl/α,β-unsaturated/α-hetero) is 1. The number of hydrogen-bond acceptors (Lipinski definition) is 3. The smallest absolute Gasteiger partial charge is 0.314 e. The minimum absolute atomic E-state index is 0.0774. The summed E-state index contributed by atoms with van der Waals surface area (Å²) in [7, 11) is 0. The predicted octanol–water partition coefficient (Wildman–Crippen LogP) is 2.35. The van der Waals surface area contributed by atoms with Crippen molar-refractivity contribution in [3.63, 3.8) is 0 Å². The zero-order chi connectivity index (χ0) is 14.5. The topological polar surface area (TPSA) is 67.3 Å². The Hall–Kier alpha value is -2.56. The number of carbonyl (C=O) groups excluding carboxylic acids is 1. The van der Waals surface area contributed by atoms with Gasteiger partial charge in [-0.1, -0.05) is 0 Å². The molecule has 0 amide bonds. The van der Waals surface area contributed by atoms with Gasteiger partial charge in [0.1, 0.15) is 11.7 Å². The van der Waals surface area contributed by atoms with Gasteiger partial charge in [-0.2, -0.15) is 0 Å². The number of ketones is 1. The lowest BCUT2D eigenvalue weighted by atomic mass is 9.92. The third-order valence-electron chi connectivity index (χ3n) is 2.93. The molecule has 1 atom stereocenters. The number of carboxylic acids is 1. The first kappa shape index (κ1) is 13.9. The van der Waals surface area contributed by atoms with E-state index >= 15 is 0 Å². The lowest BCUT2D eigenvalue weighted by Crippen LogP contribution is -2.26. The highest BCUT2D eigenvalue weighted by atomic mass is 19.1. The van der Waals surface area contributed by atoms with Crippen LogP contribution >= 0.6 is 0 Å². The van der Waals surface area contributed by atoms with Crippen LogP contribution in [0.2, 0.25) is 0 Å². The molecule has 0 spiro atoms. The van der Waals surface area contributed by atoms with E-state index in [-0.39, 0.29) is 12.0 Å². The predicted molar refractivity (Wildman–Crippen MR) is 69.8 cm³/mol. The number of carbonyl (C=O) groups is 2. The Labute approximate surface area is 114 Å². The molecule has 4 nitrogen and oxygen atoms in total. The van der Waals surface area contributed by atoms with Crippen LogP contribution in [-0.4, -0.2) is 21.8 Å². The first-order valence-electron chi connectivity index (χ1n) is 5.99. The Kier molecular flexibility index (Phi) is 4.20. The van der Waals surface area contributed by atoms with E-state index < -0.39 is 23.5 Å². The molecule has 1 aromatic carbocycles. The Morgan fingerprint density at radius 2 is 1.70 bits per heavy atom. The zero-order valence-electron chi connectivity index (χ0n) is 10.5. The molecule has 0 saturated carbocycles. The van der Waals surface area contributed by atoms with Crippen molar-refractivity contribution in [3.05, 3.63) is 65.7 Å². The first-order chi connectivity index (χ1) is 9.58. The third kappa shape index (κ3) is 3.26. The van der Waals surface area contributed by atoms with Crippen LogP contribution in [-0.2, 0) is 11.2 Å². The van der Waals surface area contributed by atoms with Gasteiger partial charge in [0.05, 0.1) is 0 Å². The van der Waals surface area contributed by atoms with Gasteiger partial charge in [-0.25, -0.2) is 4.39 Å². The molecule has 1 N–H and O–H groups in total. The van der Waals surface area contributed by atoms with Gasteiger partial charge in [0, 0.05) is 18.0 Å². The Bertz CT molecular complexity index is 611. The SMILES string of the molecule is O=C(O)C(Cc1ccncc1)C(=O)c1ccc(F)cc1. The summed E-state index contributed by atoms with van der Waals surface area (Å²) in [4.78, 5) is 27.3. The largest absolute Gasteiger partial charge is 0.481 e. The molecular weight excluding hydrogens is 261 g/mol. The summed E-state index contributed by atoms with van der Waals surface area (Å²) >= 11 is 0. The normalized spacial score (nSPS) is 11.8. The Balaban J connectivity index is 2.22. The maximum Gasteiger partial charge on any atom is 0.314 e. The Morgan fingerprint density at radius 1 is 1.10 bits per heavy atom. The van der Waals surface area contributed by atoms with Crippen molar-refractivity contribution in [1.82, 2.24) is 4.98 Å².